The maximum atomic E-state index is 11.4. The van der Waals surface area contributed by atoms with E-state index in [1.54, 1.807) is 24.1 Å². The Bertz CT molecular complexity index is 656. The van der Waals surface area contributed by atoms with Gasteiger partial charge in [0.05, 0.1) is 11.8 Å². The van der Waals surface area contributed by atoms with Gasteiger partial charge in [-0.1, -0.05) is 6.92 Å². The van der Waals surface area contributed by atoms with Crippen LogP contribution in [0.4, 0.5) is 0 Å². The van der Waals surface area contributed by atoms with Crippen LogP contribution < -0.4 is 5.14 Å². The molecule has 98 valence electrons. The van der Waals surface area contributed by atoms with Crippen molar-refractivity contribution in [2.45, 2.75) is 25.0 Å². The second-order valence-corrected chi connectivity index (χ2v) is 5.36. The Morgan fingerprint density at radius 2 is 2.11 bits per heavy atom. The highest BCUT2D eigenvalue weighted by atomic mass is 32.2. The van der Waals surface area contributed by atoms with Crippen molar-refractivity contribution in [2.75, 3.05) is 0 Å². The van der Waals surface area contributed by atoms with E-state index in [1.165, 1.54) is 4.57 Å². The number of sulfonamides is 1. The number of primary sulfonamides is 1. The molecule has 0 aliphatic rings. The van der Waals surface area contributed by atoms with Gasteiger partial charge in [0.15, 0.2) is 5.82 Å². The maximum Gasteiger partial charge on any atom is 0.273 e. The van der Waals surface area contributed by atoms with Crippen molar-refractivity contribution in [1.82, 2.24) is 24.5 Å². The fourth-order valence-electron chi connectivity index (χ4n) is 1.67. The van der Waals surface area contributed by atoms with Gasteiger partial charge in [-0.2, -0.15) is 5.10 Å². The number of aryl methyl sites for hydroxylation is 1. The van der Waals surface area contributed by atoms with Gasteiger partial charge in [-0.05, 0) is 6.42 Å². The normalized spacial score (nSPS) is 11.9. The third-order valence-corrected chi connectivity index (χ3v) is 3.19. The summed E-state index contributed by atoms with van der Waals surface area (Å²) in [4.78, 5) is 0. The standard InChI is InChI=1S/C9H14N6O2S/c1-3-4-15-8(7-5-11-14(2)6-7)12-13-9(15)18(10,16)17/h5-6H,3-4H2,1-2H3,(H2,10,16,17). The van der Waals surface area contributed by atoms with E-state index in [4.69, 9.17) is 5.14 Å². The lowest BCUT2D eigenvalue weighted by Crippen LogP contribution is -2.19. The van der Waals surface area contributed by atoms with Gasteiger partial charge < -0.3 is 0 Å². The van der Waals surface area contributed by atoms with Gasteiger partial charge in [0.1, 0.15) is 0 Å². The summed E-state index contributed by atoms with van der Waals surface area (Å²) in [5, 5.41) is 16.5. The highest BCUT2D eigenvalue weighted by Gasteiger charge is 2.21. The molecule has 0 radical (unpaired) electrons. The van der Waals surface area contributed by atoms with E-state index in [0.717, 1.165) is 6.42 Å². The lowest BCUT2D eigenvalue weighted by molar-refractivity contribution is 0.559. The summed E-state index contributed by atoms with van der Waals surface area (Å²) in [5.41, 5.74) is 0.702. The second kappa shape index (κ2) is 4.50. The number of rotatable bonds is 4. The second-order valence-electron chi connectivity index (χ2n) is 3.91. The van der Waals surface area contributed by atoms with Crippen molar-refractivity contribution < 1.29 is 8.42 Å². The minimum Gasteiger partial charge on any atom is -0.297 e. The molecule has 0 aliphatic heterocycles. The van der Waals surface area contributed by atoms with Crippen molar-refractivity contribution in [1.29, 1.82) is 0 Å². The number of hydrogen-bond donors (Lipinski definition) is 1. The van der Waals surface area contributed by atoms with E-state index >= 15 is 0 Å². The molecule has 9 heteroatoms. The van der Waals surface area contributed by atoms with Gasteiger partial charge in [-0.25, -0.2) is 13.6 Å². The van der Waals surface area contributed by atoms with E-state index < -0.39 is 10.0 Å². The zero-order valence-corrected chi connectivity index (χ0v) is 10.9. The molecule has 2 N–H and O–H groups in total. The van der Waals surface area contributed by atoms with E-state index in [2.05, 4.69) is 15.3 Å². The van der Waals surface area contributed by atoms with Crippen molar-refractivity contribution in [3.05, 3.63) is 12.4 Å². The lowest BCUT2D eigenvalue weighted by atomic mass is 10.3. The summed E-state index contributed by atoms with van der Waals surface area (Å²) in [7, 11) is -2.11. The molecule has 2 rings (SSSR count). The van der Waals surface area contributed by atoms with Crippen LogP contribution in [0.3, 0.4) is 0 Å². The fraction of sp³-hybridized carbons (Fsp3) is 0.444. The summed E-state index contributed by atoms with van der Waals surface area (Å²) >= 11 is 0. The quantitative estimate of drug-likeness (QED) is 0.823. The Kier molecular flexibility index (Phi) is 3.18. The minimum atomic E-state index is -3.87. The monoisotopic (exact) mass is 270 g/mol. The molecule has 0 saturated carbocycles. The molecule has 0 aliphatic carbocycles. The first-order valence-electron chi connectivity index (χ1n) is 5.38. The molecule has 2 heterocycles. The molecule has 0 spiro atoms. The van der Waals surface area contributed by atoms with E-state index in [1.807, 2.05) is 6.92 Å². The van der Waals surface area contributed by atoms with Crippen LogP contribution in [0, 0.1) is 0 Å². The lowest BCUT2D eigenvalue weighted by Gasteiger charge is -2.05. The van der Waals surface area contributed by atoms with Gasteiger partial charge in [-0.15, -0.1) is 10.2 Å². The molecular formula is C9H14N6O2S. The molecule has 0 saturated heterocycles. The third-order valence-electron chi connectivity index (χ3n) is 2.38. The molecule has 8 nitrogen and oxygen atoms in total. The predicted molar refractivity (Wildman–Crippen MR) is 63.9 cm³/mol. The average Bonchev–Trinajstić information content (AvgIpc) is 2.83. The zero-order chi connectivity index (χ0) is 13.3. The molecule has 0 fully saturated rings. The van der Waals surface area contributed by atoms with E-state index in [9.17, 15) is 8.42 Å². The molecule has 2 aromatic heterocycles. The summed E-state index contributed by atoms with van der Waals surface area (Å²) in [5.74, 6) is 0.453. The number of aromatic nitrogens is 5. The van der Waals surface area contributed by atoms with Gasteiger partial charge in [-0.3, -0.25) is 9.25 Å². The van der Waals surface area contributed by atoms with Crippen molar-refractivity contribution in [3.8, 4) is 11.4 Å². The Hall–Kier alpha value is -1.74. The summed E-state index contributed by atoms with van der Waals surface area (Å²) in [6.45, 7) is 2.41. The molecule has 2 aromatic rings. The van der Waals surface area contributed by atoms with Crippen LogP contribution in [0.1, 0.15) is 13.3 Å². The third kappa shape index (κ3) is 2.27. The largest absolute Gasteiger partial charge is 0.297 e. The Morgan fingerprint density at radius 1 is 1.39 bits per heavy atom. The average molecular weight is 270 g/mol. The Morgan fingerprint density at radius 3 is 2.61 bits per heavy atom. The highest BCUT2D eigenvalue weighted by molar-refractivity contribution is 7.89. The minimum absolute atomic E-state index is 0.219. The Balaban J connectivity index is 2.59. The van der Waals surface area contributed by atoms with Gasteiger partial charge >= 0.3 is 0 Å². The van der Waals surface area contributed by atoms with Crippen LogP contribution in [-0.4, -0.2) is 33.0 Å². The molecule has 0 amide bonds. The molecule has 0 aromatic carbocycles. The molecule has 18 heavy (non-hydrogen) atoms. The van der Waals surface area contributed by atoms with Crippen molar-refractivity contribution >= 4 is 10.0 Å². The number of nitrogens with two attached hydrogens (primary N) is 1. The predicted octanol–water partition coefficient (Wildman–Crippen LogP) is -0.264. The molecule has 0 bridgehead atoms. The first-order valence-corrected chi connectivity index (χ1v) is 6.93. The van der Waals surface area contributed by atoms with Crippen LogP contribution in [-0.2, 0) is 23.6 Å². The van der Waals surface area contributed by atoms with Crippen LogP contribution in [0.5, 0.6) is 0 Å². The summed E-state index contributed by atoms with van der Waals surface area (Å²) in [6.07, 6.45) is 4.08. The van der Waals surface area contributed by atoms with Crippen LogP contribution >= 0.6 is 0 Å². The molecular weight excluding hydrogens is 256 g/mol. The van der Waals surface area contributed by atoms with Crippen molar-refractivity contribution in [2.24, 2.45) is 12.2 Å². The number of nitrogens with zero attached hydrogens (tertiary/aromatic N) is 5. The molecule has 0 atom stereocenters. The van der Waals surface area contributed by atoms with Crippen LogP contribution in [0.2, 0.25) is 0 Å². The molecule has 0 unspecified atom stereocenters. The van der Waals surface area contributed by atoms with Crippen LogP contribution in [0.25, 0.3) is 11.4 Å². The Labute approximate surface area is 104 Å². The van der Waals surface area contributed by atoms with Gasteiger partial charge in [0.25, 0.3) is 15.2 Å². The maximum absolute atomic E-state index is 11.4. The SMILES string of the molecule is CCCn1c(-c2cnn(C)c2)nnc1S(N)(=O)=O. The first-order chi connectivity index (χ1) is 8.43. The van der Waals surface area contributed by atoms with E-state index in [0.29, 0.717) is 17.9 Å². The zero-order valence-electron chi connectivity index (χ0n) is 10.1. The smallest absolute Gasteiger partial charge is 0.273 e. The van der Waals surface area contributed by atoms with Gasteiger partial charge in [0.2, 0.25) is 0 Å². The van der Waals surface area contributed by atoms with Crippen molar-refractivity contribution in [3.63, 3.8) is 0 Å². The number of hydrogen-bond acceptors (Lipinski definition) is 5. The van der Waals surface area contributed by atoms with Crippen LogP contribution in [0.15, 0.2) is 17.6 Å². The van der Waals surface area contributed by atoms with Gasteiger partial charge in [0, 0.05) is 19.8 Å². The van der Waals surface area contributed by atoms with E-state index in [-0.39, 0.29) is 5.16 Å². The summed E-state index contributed by atoms with van der Waals surface area (Å²) < 4.78 is 25.9. The fourth-order valence-corrected chi connectivity index (χ4v) is 2.31. The first kappa shape index (κ1) is 12.7. The summed E-state index contributed by atoms with van der Waals surface area (Å²) in [6, 6.07) is 0. The highest BCUT2D eigenvalue weighted by Crippen LogP contribution is 2.19. The topological polar surface area (TPSA) is 109 Å².